The molecule has 0 aliphatic carbocycles. The molecule has 0 unspecified atom stereocenters. The summed E-state index contributed by atoms with van der Waals surface area (Å²) in [7, 11) is 0. The summed E-state index contributed by atoms with van der Waals surface area (Å²) in [5, 5.41) is 0. The van der Waals surface area contributed by atoms with Crippen LogP contribution in [0.4, 0.5) is 5.69 Å². The van der Waals surface area contributed by atoms with Crippen LogP contribution in [0.2, 0.25) is 0 Å². The van der Waals surface area contributed by atoms with E-state index in [0.717, 1.165) is 15.7 Å². The second kappa shape index (κ2) is 4.93. The van der Waals surface area contributed by atoms with E-state index in [1.54, 1.807) is 11.8 Å². The summed E-state index contributed by atoms with van der Waals surface area (Å²) in [6.07, 6.45) is 0. The Morgan fingerprint density at radius 1 is 1.12 bits per heavy atom. The smallest absolute Gasteiger partial charge is 0.0355 e. The van der Waals surface area contributed by atoms with E-state index in [4.69, 9.17) is 5.73 Å². The molecular weight excluding hydrogens is 282 g/mol. The van der Waals surface area contributed by atoms with Crippen LogP contribution >= 0.6 is 27.7 Å². The van der Waals surface area contributed by atoms with Crippen molar-refractivity contribution in [1.29, 1.82) is 0 Å². The fraction of sp³-hybridized carbons (Fsp3) is 0.0769. The predicted octanol–water partition coefficient (Wildman–Crippen LogP) is 4.49. The zero-order valence-corrected chi connectivity index (χ0v) is 11.3. The van der Waals surface area contributed by atoms with Crippen molar-refractivity contribution in [2.45, 2.75) is 16.7 Å². The lowest BCUT2D eigenvalue weighted by Crippen LogP contribution is -1.90. The number of nitrogens with two attached hydrogens (primary N) is 1. The van der Waals surface area contributed by atoms with E-state index < -0.39 is 0 Å². The van der Waals surface area contributed by atoms with E-state index in [2.05, 4.69) is 34.1 Å². The summed E-state index contributed by atoms with van der Waals surface area (Å²) >= 11 is 5.27. The highest BCUT2D eigenvalue weighted by atomic mass is 79.9. The van der Waals surface area contributed by atoms with Gasteiger partial charge in [-0.3, -0.25) is 0 Å². The Labute approximate surface area is 108 Å². The predicted molar refractivity (Wildman–Crippen MR) is 73.9 cm³/mol. The second-order valence-corrected chi connectivity index (χ2v) is 5.52. The van der Waals surface area contributed by atoms with Crippen LogP contribution in [0.25, 0.3) is 0 Å². The van der Waals surface area contributed by atoms with Gasteiger partial charge in [-0.05, 0) is 52.7 Å². The minimum absolute atomic E-state index is 0.823. The van der Waals surface area contributed by atoms with E-state index in [9.17, 15) is 0 Å². The largest absolute Gasteiger partial charge is 0.398 e. The number of aryl methyl sites for hydroxylation is 1. The van der Waals surface area contributed by atoms with Gasteiger partial charge in [-0.2, -0.15) is 0 Å². The summed E-state index contributed by atoms with van der Waals surface area (Å²) in [6, 6.07) is 14.4. The first-order chi connectivity index (χ1) is 7.66. The Hall–Kier alpha value is -0.930. The SMILES string of the molecule is Cc1cc(Sc2ccccc2)c(Br)cc1N. The van der Waals surface area contributed by atoms with Gasteiger partial charge in [-0.25, -0.2) is 0 Å². The molecule has 16 heavy (non-hydrogen) atoms. The molecule has 3 heteroatoms. The van der Waals surface area contributed by atoms with E-state index in [-0.39, 0.29) is 0 Å². The van der Waals surface area contributed by atoms with Crippen molar-refractivity contribution >= 4 is 33.4 Å². The average molecular weight is 294 g/mol. The van der Waals surface area contributed by atoms with Crippen LogP contribution < -0.4 is 5.73 Å². The highest BCUT2D eigenvalue weighted by Crippen LogP contribution is 2.35. The van der Waals surface area contributed by atoms with Crippen molar-refractivity contribution in [3.8, 4) is 0 Å². The van der Waals surface area contributed by atoms with Crippen molar-refractivity contribution in [3.63, 3.8) is 0 Å². The molecule has 0 aliphatic rings. The third kappa shape index (κ3) is 2.60. The molecule has 0 atom stereocenters. The van der Waals surface area contributed by atoms with Gasteiger partial charge in [0.05, 0.1) is 0 Å². The van der Waals surface area contributed by atoms with Crippen LogP contribution in [0.15, 0.2) is 56.7 Å². The van der Waals surface area contributed by atoms with Gasteiger partial charge in [0.25, 0.3) is 0 Å². The van der Waals surface area contributed by atoms with Crippen molar-refractivity contribution < 1.29 is 0 Å². The van der Waals surface area contributed by atoms with Gasteiger partial charge in [-0.15, -0.1) is 0 Å². The summed E-state index contributed by atoms with van der Waals surface area (Å²) in [5.74, 6) is 0. The second-order valence-electron chi connectivity index (χ2n) is 3.55. The highest BCUT2D eigenvalue weighted by molar-refractivity contribution is 9.10. The highest BCUT2D eigenvalue weighted by Gasteiger charge is 2.05. The van der Waals surface area contributed by atoms with E-state index in [1.807, 2.05) is 31.2 Å². The van der Waals surface area contributed by atoms with E-state index in [0.29, 0.717) is 0 Å². The molecule has 0 saturated carbocycles. The maximum atomic E-state index is 5.84. The Morgan fingerprint density at radius 3 is 2.50 bits per heavy atom. The van der Waals surface area contributed by atoms with Gasteiger partial charge < -0.3 is 5.73 Å². The van der Waals surface area contributed by atoms with Crippen molar-refractivity contribution in [1.82, 2.24) is 0 Å². The normalized spacial score (nSPS) is 10.4. The first kappa shape index (κ1) is 11.6. The molecule has 0 bridgehead atoms. The summed E-state index contributed by atoms with van der Waals surface area (Å²) in [5.41, 5.74) is 7.78. The van der Waals surface area contributed by atoms with Gasteiger partial charge in [0.15, 0.2) is 0 Å². The Balaban J connectivity index is 2.32. The lowest BCUT2D eigenvalue weighted by atomic mass is 10.2. The number of anilines is 1. The first-order valence-electron chi connectivity index (χ1n) is 4.95. The Kier molecular flexibility index (Phi) is 3.56. The summed E-state index contributed by atoms with van der Waals surface area (Å²) < 4.78 is 1.05. The molecule has 82 valence electrons. The van der Waals surface area contributed by atoms with Crippen LogP contribution in [-0.2, 0) is 0 Å². The number of hydrogen-bond acceptors (Lipinski definition) is 2. The maximum Gasteiger partial charge on any atom is 0.0355 e. The van der Waals surface area contributed by atoms with Crippen molar-refractivity contribution in [3.05, 3.63) is 52.5 Å². The van der Waals surface area contributed by atoms with Crippen LogP contribution in [0.3, 0.4) is 0 Å². The molecule has 1 nitrogen and oxygen atoms in total. The number of rotatable bonds is 2. The molecule has 0 heterocycles. The third-order valence-electron chi connectivity index (χ3n) is 2.29. The minimum Gasteiger partial charge on any atom is -0.398 e. The zero-order chi connectivity index (χ0) is 11.5. The van der Waals surface area contributed by atoms with Gasteiger partial charge in [-0.1, -0.05) is 30.0 Å². The minimum atomic E-state index is 0.823. The van der Waals surface area contributed by atoms with E-state index >= 15 is 0 Å². The Morgan fingerprint density at radius 2 is 1.81 bits per heavy atom. The number of halogens is 1. The van der Waals surface area contributed by atoms with Crippen LogP contribution in [0, 0.1) is 6.92 Å². The number of benzene rings is 2. The van der Waals surface area contributed by atoms with Crippen LogP contribution in [0.1, 0.15) is 5.56 Å². The standard InChI is InChI=1S/C13H12BrNS/c1-9-7-13(11(14)8-12(9)15)16-10-5-3-2-4-6-10/h2-8H,15H2,1H3. The zero-order valence-electron chi connectivity index (χ0n) is 8.91. The molecule has 2 rings (SSSR count). The number of hydrogen-bond donors (Lipinski definition) is 1. The maximum absolute atomic E-state index is 5.84. The molecule has 0 amide bonds. The Bertz CT molecular complexity index is 497. The molecule has 0 radical (unpaired) electrons. The van der Waals surface area contributed by atoms with Crippen molar-refractivity contribution in [2.75, 3.05) is 5.73 Å². The van der Waals surface area contributed by atoms with Crippen LogP contribution in [0.5, 0.6) is 0 Å². The van der Waals surface area contributed by atoms with Crippen molar-refractivity contribution in [2.24, 2.45) is 0 Å². The lowest BCUT2D eigenvalue weighted by Gasteiger charge is -2.07. The van der Waals surface area contributed by atoms with Gasteiger partial charge in [0, 0.05) is 20.0 Å². The molecule has 0 aliphatic heterocycles. The molecule has 0 spiro atoms. The fourth-order valence-corrected chi connectivity index (χ4v) is 2.91. The van der Waals surface area contributed by atoms with Gasteiger partial charge in [0.2, 0.25) is 0 Å². The molecular formula is C13H12BrNS. The van der Waals surface area contributed by atoms with Gasteiger partial charge >= 0.3 is 0 Å². The number of nitrogen functional groups attached to an aromatic ring is 1. The first-order valence-corrected chi connectivity index (χ1v) is 6.56. The molecule has 2 N–H and O–H groups in total. The van der Waals surface area contributed by atoms with E-state index in [1.165, 1.54) is 9.79 Å². The molecule has 2 aromatic rings. The molecule has 0 aromatic heterocycles. The lowest BCUT2D eigenvalue weighted by molar-refractivity contribution is 1.32. The van der Waals surface area contributed by atoms with Crippen LogP contribution in [-0.4, -0.2) is 0 Å². The molecule has 0 saturated heterocycles. The monoisotopic (exact) mass is 293 g/mol. The summed E-state index contributed by atoms with van der Waals surface area (Å²) in [4.78, 5) is 2.42. The molecule has 2 aromatic carbocycles. The fourth-order valence-electron chi connectivity index (χ4n) is 1.36. The summed E-state index contributed by atoms with van der Waals surface area (Å²) in [6.45, 7) is 2.02. The molecule has 0 fully saturated rings. The quantitative estimate of drug-likeness (QED) is 0.826. The third-order valence-corrected chi connectivity index (χ3v) is 4.28. The average Bonchev–Trinajstić information content (AvgIpc) is 2.27. The van der Waals surface area contributed by atoms with Gasteiger partial charge in [0.1, 0.15) is 0 Å². The topological polar surface area (TPSA) is 26.0 Å².